The molecule has 0 unspecified atom stereocenters. The summed E-state index contributed by atoms with van der Waals surface area (Å²) in [6, 6.07) is 0. The second kappa shape index (κ2) is 17.3. The van der Waals surface area contributed by atoms with Gasteiger partial charge in [0.2, 0.25) is 0 Å². The van der Waals surface area contributed by atoms with Crippen molar-refractivity contribution in [3.05, 3.63) is 0 Å². The Morgan fingerprint density at radius 3 is 1.00 bits per heavy atom. The summed E-state index contributed by atoms with van der Waals surface area (Å²) in [5, 5.41) is 0. The average molecular weight is 234 g/mol. The second-order valence-electron chi connectivity index (χ2n) is 0. The molecule has 0 amide bonds. The van der Waals surface area contributed by atoms with Gasteiger partial charge in [-0.05, 0) is 0 Å². The van der Waals surface area contributed by atoms with Gasteiger partial charge < -0.3 is 0 Å². The Morgan fingerprint density at radius 1 is 1.00 bits per heavy atom. The van der Waals surface area contributed by atoms with Gasteiger partial charge in [0, 0.05) is 59.9 Å². The Balaban J connectivity index is 0. The van der Waals surface area contributed by atoms with Gasteiger partial charge in [-0.2, -0.15) is 0 Å². The van der Waals surface area contributed by atoms with Crippen molar-refractivity contribution < 1.29 is 59.9 Å². The zero-order valence-electron chi connectivity index (χ0n) is 1.21. The summed E-state index contributed by atoms with van der Waals surface area (Å²) in [6.45, 7) is 0. The monoisotopic (exact) mass is 235 g/mol. The Bertz CT molecular complexity index is 8.00. The first-order chi connectivity index (χ1) is 0. The third kappa shape index (κ3) is 8.82. The van der Waals surface area contributed by atoms with E-state index in [0.29, 0.717) is 0 Å². The molecule has 0 rings (SSSR count). The van der Waals surface area contributed by atoms with Crippen LogP contribution < -0.4 is 0 Å². The standard InChI is InChI=1S/Cu.Mg.Mo.Ti.2H. The van der Waals surface area contributed by atoms with Gasteiger partial charge >= 0.3 is 23.1 Å². The fourth-order valence-corrected chi connectivity index (χ4v) is 0. The van der Waals surface area contributed by atoms with Crippen LogP contribution in [-0.4, -0.2) is 23.1 Å². The molecule has 0 fully saturated rings. The van der Waals surface area contributed by atoms with Crippen LogP contribution in [0.2, 0.25) is 0 Å². The van der Waals surface area contributed by atoms with Crippen LogP contribution in [0.5, 0.6) is 0 Å². The SMILES string of the molecule is [Cu].[MgH2].[Mo].[Ti]. The van der Waals surface area contributed by atoms with Gasteiger partial charge in [0.1, 0.15) is 0 Å². The molecule has 0 heterocycles. The normalized spacial score (nSPS) is 0. The number of hydrogen-bond donors (Lipinski definition) is 0. The van der Waals surface area contributed by atoms with Gasteiger partial charge in [0.05, 0.1) is 0 Å². The van der Waals surface area contributed by atoms with E-state index in [0.717, 1.165) is 0 Å². The molecular formula is H2CuMgMoTi. The molecule has 0 nitrogen and oxygen atoms in total. The smallest absolute Gasteiger partial charge is 0 e. The minimum absolute atomic E-state index is 0. The predicted molar refractivity (Wildman–Crippen MR) is 8.54 cm³/mol. The largest absolute Gasteiger partial charge is 0.316 e. The molecule has 0 aliphatic heterocycles. The molecule has 0 atom stereocenters. The van der Waals surface area contributed by atoms with Crippen molar-refractivity contribution in [3.63, 3.8) is 0 Å². The van der Waals surface area contributed by atoms with E-state index < -0.39 is 0 Å². The fraction of sp³-hybridized carbons (Fsp3) is 0. The molecule has 4 heteroatoms. The quantitative estimate of drug-likeness (QED) is 0.475. The number of rotatable bonds is 0. The molecule has 0 aromatic carbocycles. The van der Waals surface area contributed by atoms with E-state index in [1.165, 1.54) is 0 Å². The molecule has 0 aromatic rings. The van der Waals surface area contributed by atoms with E-state index in [4.69, 9.17) is 0 Å². The first-order valence-electron chi connectivity index (χ1n) is 0. The summed E-state index contributed by atoms with van der Waals surface area (Å²) >= 11 is 0. The average Bonchev–Trinajstić information content (AvgIpc) is 0. The topological polar surface area (TPSA) is 0 Å². The Morgan fingerprint density at radius 2 is 1.00 bits per heavy atom. The van der Waals surface area contributed by atoms with E-state index in [1.807, 2.05) is 0 Å². The number of hydrogen-bond acceptors (Lipinski definition) is 0. The molecule has 25 valence electrons. The molecule has 0 spiro atoms. The molecule has 4 heavy (non-hydrogen) atoms. The molecule has 0 aromatic heterocycles. The summed E-state index contributed by atoms with van der Waals surface area (Å²) in [5.74, 6) is 0. The zero-order valence-corrected chi connectivity index (χ0v) is 5.72. The molecule has 1 radical (unpaired) electrons. The predicted octanol–water partition coefficient (Wildman–Crippen LogP) is -0.924. The molecule has 0 saturated carbocycles. The van der Waals surface area contributed by atoms with Crippen molar-refractivity contribution in [2.45, 2.75) is 0 Å². The van der Waals surface area contributed by atoms with Crippen LogP contribution in [-0.2, 0) is 59.9 Å². The minimum Gasteiger partial charge on any atom is 0 e. The summed E-state index contributed by atoms with van der Waals surface area (Å²) in [6.07, 6.45) is 0. The van der Waals surface area contributed by atoms with Crippen molar-refractivity contribution >= 4 is 23.1 Å². The molecule has 0 N–H and O–H groups in total. The molecule has 0 aliphatic carbocycles. The third-order valence-electron chi connectivity index (χ3n) is 0. The van der Waals surface area contributed by atoms with E-state index >= 15 is 0 Å². The van der Waals surface area contributed by atoms with Gasteiger partial charge in [0.25, 0.3) is 0 Å². The van der Waals surface area contributed by atoms with Crippen LogP contribution in [0.4, 0.5) is 0 Å². The molecule has 0 saturated heterocycles. The Labute approximate surface area is 81.6 Å². The Hall–Kier alpha value is 2.69. The van der Waals surface area contributed by atoms with E-state index in [9.17, 15) is 0 Å². The van der Waals surface area contributed by atoms with Crippen molar-refractivity contribution in [3.8, 4) is 0 Å². The van der Waals surface area contributed by atoms with Crippen LogP contribution in [0.1, 0.15) is 0 Å². The van der Waals surface area contributed by atoms with Crippen molar-refractivity contribution in [2.75, 3.05) is 0 Å². The summed E-state index contributed by atoms with van der Waals surface area (Å²) in [4.78, 5) is 0. The van der Waals surface area contributed by atoms with Gasteiger partial charge in [-0.15, -0.1) is 0 Å². The minimum atomic E-state index is 0. The van der Waals surface area contributed by atoms with Crippen molar-refractivity contribution in [1.82, 2.24) is 0 Å². The van der Waals surface area contributed by atoms with Crippen molar-refractivity contribution in [1.29, 1.82) is 0 Å². The van der Waals surface area contributed by atoms with Crippen LogP contribution in [0.3, 0.4) is 0 Å². The summed E-state index contributed by atoms with van der Waals surface area (Å²) in [5.41, 5.74) is 0. The van der Waals surface area contributed by atoms with Crippen LogP contribution in [0.15, 0.2) is 0 Å². The molecule has 0 aliphatic rings. The van der Waals surface area contributed by atoms with Crippen molar-refractivity contribution in [2.24, 2.45) is 0 Å². The second-order valence-corrected chi connectivity index (χ2v) is 0. The maximum Gasteiger partial charge on any atom is 0.316 e. The third-order valence-corrected chi connectivity index (χ3v) is 0. The van der Waals surface area contributed by atoms with Gasteiger partial charge in [-0.3, -0.25) is 0 Å². The van der Waals surface area contributed by atoms with Gasteiger partial charge in [-0.25, -0.2) is 0 Å². The Kier molecular flexibility index (Phi) is 130. The van der Waals surface area contributed by atoms with Gasteiger partial charge in [0.15, 0.2) is 0 Å². The molecular weight excluding hydrogens is 232 g/mol. The first kappa shape index (κ1) is 29.9. The van der Waals surface area contributed by atoms with Crippen LogP contribution in [0.25, 0.3) is 0 Å². The summed E-state index contributed by atoms with van der Waals surface area (Å²) < 4.78 is 0. The van der Waals surface area contributed by atoms with Gasteiger partial charge in [-0.1, -0.05) is 0 Å². The first-order valence-corrected chi connectivity index (χ1v) is 0. The van der Waals surface area contributed by atoms with E-state index in [-0.39, 0.29) is 82.9 Å². The zero-order chi connectivity index (χ0) is 0. The van der Waals surface area contributed by atoms with E-state index in [2.05, 4.69) is 0 Å². The van der Waals surface area contributed by atoms with E-state index in [1.54, 1.807) is 0 Å². The fourth-order valence-electron chi connectivity index (χ4n) is 0. The van der Waals surface area contributed by atoms with Crippen LogP contribution >= 0.6 is 0 Å². The maximum absolute atomic E-state index is 0. The maximum atomic E-state index is 0. The van der Waals surface area contributed by atoms with Crippen LogP contribution in [0, 0.1) is 0 Å². The molecule has 0 bridgehead atoms. The summed E-state index contributed by atoms with van der Waals surface area (Å²) in [7, 11) is 0.